The summed E-state index contributed by atoms with van der Waals surface area (Å²) in [7, 11) is 1.66. The predicted octanol–water partition coefficient (Wildman–Crippen LogP) is 2.16. The second-order valence-electron chi connectivity index (χ2n) is 4.80. The molecule has 118 valence electrons. The van der Waals surface area contributed by atoms with E-state index >= 15 is 0 Å². The average Bonchev–Trinajstić information content (AvgIpc) is 2.80. The molecule has 0 spiro atoms. The van der Waals surface area contributed by atoms with Crippen LogP contribution in [0, 0.1) is 5.92 Å². The number of hydrogen-bond donors (Lipinski definition) is 0. The minimum absolute atomic E-state index is 0.0396. The van der Waals surface area contributed by atoms with Gasteiger partial charge in [0.25, 0.3) is 0 Å². The maximum Gasteiger partial charge on any atom is 0.309 e. The predicted molar refractivity (Wildman–Crippen MR) is 79.1 cm³/mol. The van der Waals surface area contributed by atoms with Crippen LogP contribution in [0.2, 0.25) is 0 Å². The van der Waals surface area contributed by atoms with Crippen molar-refractivity contribution in [3.8, 4) is 0 Å². The third kappa shape index (κ3) is 6.52. The van der Waals surface area contributed by atoms with Crippen molar-refractivity contribution >= 4 is 21.9 Å². The maximum absolute atomic E-state index is 11.7. The van der Waals surface area contributed by atoms with Gasteiger partial charge in [0.1, 0.15) is 0 Å². The lowest BCUT2D eigenvalue weighted by molar-refractivity contribution is -0.148. The fourth-order valence-corrected chi connectivity index (χ4v) is 3.03. The SMILES string of the molecule is CCOC(=O)C1CC(Br)C(OCCCOCCOC)C1. The number of esters is 1. The number of ether oxygens (including phenoxy) is 4. The lowest BCUT2D eigenvalue weighted by Crippen LogP contribution is -2.20. The van der Waals surface area contributed by atoms with Crippen molar-refractivity contribution in [2.24, 2.45) is 5.92 Å². The molecule has 0 saturated heterocycles. The van der Waals surface area contributed by atoms with Gasteiger partial charge in [0.2, 0.25) is 0 Å². The molecule has 20 heavy (non-hydrogen) atoms. The van der Waals surface area contributed by atoms with Crippen LogP contribution < -0.4 is 0 Å². The summed E-state index contributed by atoms with van der Waals surface area (Å²) in [4.78, 5) is 11.9. The van der Waals surface area contributed by atoms with Crippen LogP contribution in [-0.2, 0) is 23.7 Å². The van der Waals surface area contributed by atoms with Crippen LogP contribution in [0.5, 0.6) is 0 Å². The van der Waals surface area contributed by atoms with Gasteiger partial charge in [-0.1, -0.05) is 15.9 Å². The molecule has 5 nitrogen and oxygen atoms in total. The summed E-state index contributed by atoms with van der Waals surface area (Å²) in [5, 5.41) is 0. The topological polar surface area (TPSA) is 54.0 Å². The zero-order valence-corrected chi connectivity index (χ0v) is 13.9. The van der Waals surface area contributed by atoms with E-state index in [9.17, 15) is 4.79 Å². The van der Waals surface area contributed by atoms with Gasteiger partial charge in [-0.2, -0.15) is 0 Å². The van der Waals surface area contributed by atoms with E-state index in [0.717, 1.165) is 19.3 Å². The monoisotopic (exact) mass is 352 g/mol. The molecule has 1 aliphatic carbocycles. The molecule has 0 aromatic heterocycles. The third-order valence-corrected chi connectivity index (χ3v) is 4.21. The Hall–Kier alpha value is -0.170. The van der Waals surface area contributed by atoms with Gasteiger partial charge in [-0.15, -0.1) is 0 Å². The fourth-order valence-electron chi connectivity index (χ4n) is 2.21. The van der Waals surface area contributed by atoms with Crippen LogP contribution in [0.3, 0.4) is 0 Å². The molecule has 1 rings (SSSR count). The van der Waals surface area contributed by atoms with Crippen LogP contribution >= 0.6 is 15.9 Å². The maximum atomic E-state index is 11.7. The molecule has 1 aliphatic rings. The number of carbonyl (C=O) groups is 1. The van der Waals surface area contributed by atoms with Crippen molar-refractivity contribution in [2.75, 3.05) is 40.1 Å². The van der Waals surface area contributed by atoms with Crippen molar-refractivity contribution in [2.45, 2.75) is 37.1 Å². The summed E-state index contributed by atoms with van der Waals surface area (Å²) in [5.74, 6) is -0.145. The van der Waals surface area contributed by atoms with E-state index in [-0.39, 0.29) is 22.8 Å². The molecule has 0 amide bonds. The number of rotatable bonds is 10. The minimum Gasteiger partial charge on any atom is -0.466 e. The normalized spacial score (nSPS) is 25.9. The molecule has 6 heteroatoms. The van der Waals surface area contributed by atoms with Crippen LogP contribution in [0.15, 0.2) is 0 Å². The largest absolute Gasteiger partial charge is 0.466 e. The molecule has 0 heterocycles. The number of alkyl halides is 1. The Bertz CT molecular complexity index is 274. The molecule has 0 aromatic carbocycles. The van der Waals surface area contributed by atoms with Gasteiger partial charge in [0.05, 0.1) is 31.8 Å². The molecule has 0 aromatic rings. The van der Waals surface area contributed by atoms with E-state index in [1.807, 2.05) is 6.92 Å². The van der Waals surface area contributed by atoms with Gasteiger partial charge in [-0.05, 0) is 26.2 Å². The summed E-state index contributed by atoms with van der Waals surface area (Å²) in [6.07, 6.45) is 2.46. The van der Waals surface area contributed by atoms with Crippen LogP contribution in [0.25, 0.3) is 0 Å². The van der Waals surface area contributed by atoms with Gasteiger partial charge in [0.15, 0.2) is 0 Å². The van der Waals surface area contributed by atoms with Crippen LogP contribution in [0.1, 0.15) is 26.2 Å². The summed E-state index contributed by atoms with van der Waals surface area (Å²) >= 11 is 3.59. The molecule has 1 fully saturated rings. The van der Waals surface area contributed by atoms with E-state index in [1.54, 1.807) is 7.11 Å². The number of hydrogen-bond acceptors (Lipinski definition) is 5. The van der Waals surface area contributed by atoms with Gasteiger partial charge < -0.3 is 18.9 Å². The smallest absolute Gasteiger partial charge is 0.309 e. The highest BCUT2D eigenvalue weighted by molar-refractivity contribution is 9.09. The highest BCUT2D eigenvalue weighted by Gasteiger charge is 2.37. The molecule has 0 N–H and O–H groups in total. The highest BCUT2D eigenvalue weighted by atomic mass is 79.9. The van der Waals surface area contributed by atoms with E-state index in [1.165, 1.54) is 0 Å². The summed E-state index contributed by atoms with van der Waals surface area (Å²) in [6.45, 7) is 4.82. The van der Waals surface area contributed by atoms with Gasteiger partial charge >= 0.3 is 5.97 Å². The molecule has 3 atom stereocenters. The van der Waals surface area contributed by atoms with Crippen LogP contribution in [-0.4, -0.2) is 57.0 Å². The van der Waals surface area contributed by atoms with Crippen molar-refractivity contribution in [1.29, 1.82) is 0 Å². The molecule has 1 saturated carbocycles. The summed E-state index contributed by atoms with van der Waals surface area (Å²) < 4.78 is 21.1. The van der Waals surface area contributed by atoms with Crippen molar-refractivity contribution in [3.05, 3.63) is 0 Å². The number of halogens is 1. The minimum atomic E-state index is -0.106. The first-order chi connectivity index (χ1) is 9.69. The fraction of sp³-hybridized carbons (Fsp3) is 0.929. The van der Waals surface area contributed by atoms with E-state index in [0.29, 0.717) is 33.0 Å². The van der Waals surface area contributed by atoms with E-state index < -0.39 is 0 Å². The Balaban J connectivity index is 2.10. The molecular weight excluding hydrogens is 328 g/mol. The van der Waals surface area contributed by atoms with Crippen LogP contribution in [0.4, 0.5) is 0 Å². The first-order valence-electron chi connectivity index (χ1n) is 7.18. The Morgan fingerprint density at radius 2 is 2.00 bits per heavy atom. The Labute approximate surface area is 129 Å². The molecule has 0 bridgehead atoms. The third-order valence-electron chi connectivity index (χ3n) is 3.25. The lowest BCUT2D eigenvalue weighted by Gasteiger charge is -2.15. The summed E-state index contributed by atoms with van der Waals surface area (Å²) in [6, 6.07) is 0. The van der Waals surface area contributed by atoms with E-state index in [2.05, 4.69) is 15.9 Å². The first kappa shape index (κ1) is 17.9. The zero-order valence-electron chi connectivity index (χ0n) is 12.3. The summed E-state index contributed by atoms with van der Waals surface area (Å²) in [5.41, 5.74) is 0. The van der Waals surface area contributed by atoms with Gasteiger partial charge in [-0.3, -0.25) is 4.79 Å². The highest BCUT2D eigenvalue weighted by Crippen LogP contribution is 2.34. The first-order valence-corrected chi connectivity index (χ1v) is 8.09. The Kier molecular flexibility index (Phi) is 9.42. The van der Waals surface area contributed by atoms with Gasteiger partial charge in [-0.25, -0.2) is 0 Å². The second kappa shape index (κ2) is 10.5. The lowest BCUT2D eigenvalue weighted by atomic mass is 10.1. The molecule has 3 unspecified atom stereocenters. The quantitative estimate of drug-likeness (QED) is 0.342. The number of methoxy groups -OCH3 is 1. The van der Waals surface area contributed by atoms with Crippen molar-refractivity contribution in [3.63, 3.8) is 0 Å². The van der Waals surface area contributed by atoms with Crippen molar-refractivity contribution in [1.82, 2.24) is 0 Å². The Morgan fingerprint density at radius 3 is 2.70 bits per heavy atom. The number of carbonyl (C=O) groups excluding carboxylic acids is 1. The zero-order chi connectivity index (χ0) is 14.8. The molecular formula is C14H25BrO5. The molecule has 0 radical (unpaired) electrons. The standard InChI is InChI=1S/C14H25BrO5/c1-3-19-14(16)11-9-12(15)13(10-11)20-6-4-5-18-8-7-17-2/h11-13H,3-10H2,1-2H3. The van der Waals surface area contributed by atoms with Gasteiger partial charge in [0, 0.05) is 25.2 Å². The average molecular weight is 353 g/mol. The second-order valence-corrected chi connectivity index (χ2v) is 5.98. The molecule has 0 aliphatic heterocycles. The van der Waals surface area contributed by atoms with E-state index in [4.69, 9.17) is 18.9 Å². The Morgan fingerprint density at radius 1 is 1.20 bits per heavy atom. The van der Waals surface area contributed by atoms with Crippen molar-refractivity contribution < 1.29 is 23.7 Å².